The molecule has 1 N–H and O–H groups in total. The van der Waals surface area contributed by atoms with Gasteiger partial charge >= 0.3 is 0 Å². The molecule has 0 spiro atoms. The van der Waals surface area contributed by atoms with Crippen LogP contribution in [0.1, 0.15) is 11.4 Å². The van der Waals surface area contributed by atoms with Crippen molar-refractivity contribution in [3.63, 3.8) is 0 Å². The summed E-state index contributed by atoms with van der Waals surface area (Å²) in [5, 5.41) is 11.7. The quantitative estimate of drug-likeness (QED) is 0.783. The summed E-state index contributed by atoms with van der Waals surface area (Å²) >= 11 is 0. The van der Waals surface area contributed by atoms with Crippen molar-refractivity contribution in [2.45, 2.75) is 13.5 Å². The number of methoxy groups -OCH3 is 1. The molecule has 22 heavy (non-hydrogen) atoms. The van der Waals surface area contributed by atoms with Gasteiger partial charge in [0.15, 0.2) is 0 Å². The summed E-state index contributed by atoms with van der Waals surface area (Å²) in [7, 11) is 1.66. The molecule has 3 rings (SSSR count). The molecule has 0 fully saturated rings. The Morgan fingerprint density at radius 2 is 1.73 bits per heavy atom. The molecule has 5 nitrogen and oxygen atoms in total. The van der Waals surface area contributed by atoms with Crippen molar-refractivity contribution in [3.8, 4) is 5.75 Å². The third-order valence-electron chi connectivity index (χ3n) is 3.47. The first-order chi connectivity index (χ1) is 10.8. The van der Waals surface area contributed by atoms with E-state index in [0.717, 1.165) is 29.8 Å². The lowest BCUT2D eigenvalue weighted by Gasteiger charge is -2.11. The van der Waals surface area contributed by atoms with E-state index in [4.69, 9.17) is 4.74 Å². The summed E-state index contributed by atoms with van der Waals surface area (Å²) in [6.45, 7) is 2.69. The minimum absolute atomic E-state index is 0.728. The Morgan fingerprint density at radius 3 is 2.41 bits per heavy atom. The zero-order valence-electron chi connectivity index (χ0n) is 12.7. The van der Waals surface area contributed by atoms with E-state index in [1.165, 1.54) is 5.56 Å². The second-order valence-corrected chi connectivity index (χ2v) is 5.00. The SMILES string of the molecule is COc1ccc(Nc2nnc(C)n2Cc2ccccc2)cc1. The van der Waals surface area contributed by atoms with E-state index in [1.54, 1.807) is 7.11 Å². The Hall–Kier alpha value is -2.82. The second-order valence-electron chi connectivity index (χ2n) is 5.00. The molecular formula is C17H18N4O. The van der Waals surface area contributed by atoms with Crippen LogP contribution in [0.25, 0.3) is 0 Å². The fourth-order valence-electron chi connectivity index (χ4n) is 2.23. The van der Waals surface area contributed by atoms with Gasteiger partial charge < -0.3 is 10.1 Å². The molecular weight excluding hydrogens is 276 g/mol. The van der Waals surface area contributed by atoms with E-state index in [0.29, 0.717) is 0 Å². The molecule has 0 atom stereocenters. The minimum atomic E-state index is 0.728. The molecule has 0 saturated heterocycles. The van der Waals surface area contributed by atoms with E-state index < -0.39 is 0 Å². The average Bonchev–Trinajstić information content (AvgIpc) is 2.90. The molecule has 0 aliphatic carbocycles. The van der Waals surface area contributed by atoms with Gasteiger partial charge in [-0.25, -0.2) is 0 Å². The molecule has 0 amide bonds. The third kappa shape index (κ3) is 3.09. The predicted molar refractivity (Wildman–Crippen MR) is 86.6 cm³/mol. The van der Waals surface area contributed by atoms with Crippen molar-refractivity contribution in [2.24, 2.45) is 0 Å². The first-order valence-electron chi connectivity index (χ1n) is 7.11. The van der Waals surface area contributed by atoms with Crippen molar-refractivity contribution in [1.29, 1.82) is 0 Å². The summed E-state index contributed by atoms with van der Waals surface area (Å²) in [4.78, 5) is 0. The van der Waals surface area contributed by atoms with Gasteiger partial charge in [-0.05, 0) is 36.8 Å². The van der Waals surface area contributed by atoms with Crippen LogP contribution in [0.3, 0.4) is 0 Å². The number of benzene rings is 2. The van der Waals surface area contributed by atoms with E-state index in [-0.39, 0.29) is 0 Å². The topological polar surface area (TPSA) is 52.0 Å². The number of aromatic nitrogens is 3. The second kappa shape index (κ2) is 6.30. The van der Waals surface area contributed by atoms with Gasteiger partial charge in [-0.15, -0.1) is 10.2 Å². The fourth-order valence-corrected chi connectivity index (χ4v) is 2.23. The van der Waals surface area contributed by atoms with Crippen molar-refractivity contribution in [3.05, 3.63) is 66.0 Å². The van der Waals surface area contributed by atoms with Gasteiger partial charge in [0, 0.05) is 5.69 Å². The van der Waals surface area contributed by atoms with Gasteiger partial charge in [0.05, 0.1) is 13.7 Å². The van der Waals surface area contributed by atoms with Crippen LogP contribution in [0.15, 0.2) is 54.6 Å². The van der Waals surface area contributed by atoms with E-state index in [9.17, 15) is 0 Å². The number of aryl methyl sites for hydroxylation is 1. The number of nitrogens with one attached hydrogen (secondary N) is 1. The monoisotopic (exact) mass is 294 g/mol. The highest BCUT2D eigenvalue weighted by Gasteiger charge is 2.09. The predicted octanol–water partition coefficient (Wildman–Crippen LogP) is 3.39. The van der Waals surface area contributed by atoms with Gasteiger partial charge in [0.25, 0.3) is 0 Å². The van der Waals surface area contributed by atoms with Crippen LogP contribution in [0, 0.1) is 6.92 Å². The van der Waals surface area contributed by atoms with Gasteiger partial charge in [-0.2, -0.15) is 0 Å². The Morgan fingerprint density at radius 1 is 1.00 bits per heavy atom. The molecule has 0 aliphatic heterocycles. The Balaban J connectivity index is 1.82. The molecule has 1 aromatic heterocycles. The lowest BCUT2D eigenvalue weighted by molar-refractivity contribution is 0.415. The van der Waals surface area contributed by atoms with Crippen molar-refractivity contribution in [2.75, 3.05) is 12.4 Å². The summed E-state index contributed by atoms with van der Waals surface area (Å²) in [5.74, 6) is 2.43. The maximum atomic E-state index is 5.17. The standard InChI is InChI=1S/C17H18N4O/c1-13-19-20-17(18-15-8-10-16(22-2)11-9-15)21(13)12-14-6-4-3-5-7-14/h3-11H,12H2,1-2H3,(H,18,20). The molecule has 3 aromatic rings. The van der Waals surface area contributed by atoms with Gasteiger partial charge in [-0.3, -0.25) is 4.57 Å². The van der Waals surface area contributed by atoms with Crippen LogP contribution in [-0.2, 0) is 6.54 Å². The minimum Gasteiger partial charge on any atom is -0.497 e. The third-order valence-corrected chi connectivity index (χ3v) is 3.47. The molecule has 5 heteroatoms. The van der Waals surface area contributed by atoms with E-state index >= 15 is 0 Å². The molecule has 0 aliphatic rings. The number of rotatable bonds is 5. The van der Waals surface area contributed by atoms with Crippen LogP contribution in [0.2, 0.25) is 0 Å². The summed E-state index contributed by atoms with van der Waals surface area (Å²) in [6.07, 6.45) is 0. The zero-order valence-corrected chi connectivity index (χ0v) is 12.7. The van der Waals surface area contributed by atoms with Crippen LogP contribution in [-0.4, -0.2) is 21.9 Å². The van der Waals surface area contributed by atoms with Crippen molar-refractivity contribution < 1.29 is 4.74 Å². The molecule has 1 heterocycles. The molecule has 0 saturated carbocycles. The van der Waals surface area contributed by atoms with Gasteiger partial charge in [-0.1, -0.05) is 30.3 Å². The largest absolute Gasteiger partial charge is 0.497 e. The van der Waals surface area contributed by atoms with E-state index in [1.807, 2.05) is 49.4 Å². The Bertz CT molecular complexity index is 735. The highest BCUT2D eigenvalue weighted by Crippen LogP contribution is 2.20. The van der Waals surface area contributed by atoms with Crippen molar-refractivity contribution in [1.82, 2.24) is 14.8 Å². The van der Waals surface area contributed by atoms with Crippen LogP contribution in [0.5, 0.6) is 5.75 Å². The molecule has 0 bridgehead atoms. The first-order valence-corrected chi connectivity index (χ1v) is 7.11. The Kier molecular flexibility index (Phi) is 4.05. The fraction of sp³-hybridized carbons (Fsp3) is 0.176. The summed E-state index contributed by atoms with van der Waals surface area (Å²) in [5.41, 5.74) is 2.16. The van der Waals surface area contributed by atoms with Crippen LogP contribution in [0.4, 0.5) is 11.6 Å². The zero-order chi connectivity index (χ0) is 15.4. The van der Waals surface area contributed by atoms with E-state index in [2.05, 4.69) is 32.2 Å². The van der Waals surface area contributed by atoms with Crippen LogP contribution >= 0.6 is 0 Å². The van der Waals surface area contributed by atoms with Crippen LogP contribution < -0.4 is 10.1 Å². The Labute approximate surface area is 129 Å². The molecule has 2 aromatic carbocycles. The van der Waals surface area contributed by atoms with Gasteiger partial charge in [0.1, 0.15) is 11.6 Å². The maximum absolute atomic E-state index is 5.17. The normalized spacial score (nSPS) is 10.5. The summed E-state index contributed by atoms with van der Waals surface area (Å²) < 4.78 is 7.22. The van der Waals surface area contributed by atoms with Crippen molar-refractivity contribution >= 4 is 11.6 Å². The smallest absolute Gasteiger partial charge is 0.229 e. The number of anilines is 2. The number of ether oxygens (including phenoxy) is 1. The number of nitrogens with zero attached hydrogens (tertiary/aromatic N) is 3. The molecule has 0 unspecified atom stereocenters. The number of hydrogen-bond acceptors (Lipinski definition) is 4. The lowest BCUT2D eigenvalue weighted by Crippen LogP contribution is -2.06. The first kappa shape index (κ1) is 14.1. The highest BCUT2D eigenvalue weighted by atomic mass is 16.5. The highest BCUT2D eigenvalue weighted by molar-refractivity contribution is 5.55. The molecule has 0 radical (unpaired) electrons. The molecule has 112 valence electrons. The lowest BCUT2D eigenvalue weighted by atomic mass is 10.2. The average molecular weight is 294 g/mol. The number of hydrogen-bond donors (Lipinski definition) is 1. The van der Waals surface area contributed by atoms with Gasteiger partial charge in [0.2, 0.25) is 5.95 Å². The maximum Gasteiger partial charge on any atom is 0.229 e. The summed E-state index contributed by atoms with van der Waals surface area (Å²) in [6, 6.07) is 18.0.